The molecular formula is C15H22N2O3. The molecular weight excluding hydrogens is 256 g/mol. The molecule has 5 heteroatoms. The Morgan fingerprint density at radius 2 is 2.00 bits per heavy atom. The van der Waals surface area contributed by atoms with Crippen LogP contribution in [-0.2, 0) is 9.53 Å². The molecule has 1 amide bonds. The summed E-state index contributed by atoms with van der Waals surface area (Å²) < 4.78 is 5.34. The van der Waals surface area contributed by atoms with E-state index in [1.165, 1.54) is 6.92 Å². The molecule has 0 aliphatic carbocycles. The minimum Gasteiger partial charge on any atom is -0.384 e. The predicted molar refractivity (Wildman–Crippen MR) is 76.3 cm³/mol. The van der Waals surface area contributed by atoms with Gasteiger partial charge in [-0.1, -0.05) is 30.3 Å². The van der Waals surface area contributed by atoms with Gasteiger partial charge in [-0.2, -0.15) is 0 Å². The molecule has 1 aromatic rings. The van der Waals surface area contributed by atoms with Crippen molar-refractivity contribution >= 4 is 5.91 Å². The van der Waals surface area contributed by atoms with E-state index in [1.54, 1.807) is 0 Å². The number of rotatable bonds is 5. The Labute approximate surface area is 119 Å². The molecule has 2 rings (SSSR count). The molecule has 0 spiro atoms. The van der Waals surface area contributed by atoms with E-state index in [9.17, 15) is 9.90 Å². The predicted octanol–water partition coefficient (Wildman–Crippen LogP) is 0.557. The number of nitrogens with zero attached hydrogens (tertiary/aromatic N) is 1. The third kappa shape index (κ3) is 4.30. The lowest BCUT2D eigenvalue weighted by molar-refractivity contribution is -0.129. The topological polar surface area (TPSA) is 61.8 Å². The number of benzene rings is 1. The number of morpholine rings is 1. The zero-order valence-corrected chi connectivity index (χ0v) is 11.8. The summed E-state index contributed by atoms with van der Waals surface area (Å²) in [5.41, 5.74) is 1.05. The Hall–Kier alpha value is -1.43. The number of hydrogen-bond donors (Lipinski definition) is 2. The summed E-state index contributed by atoms with van der Waals surface area (Å²) in [7, 11) is 0. The molecule has 2 N–H and O–H groups in total. The van der Waals surface area contributed by atoms with Gasteiger partial charge >= 0.3 is 0 Å². The zero-order valence-electron chi connectivity index (χ0n) is 11.8. The van der Waals surface area contributed by atoms with E-state index >= 15 is 0 Å². The van der Waals surface area contributed by atoms with Crippen molar-refractivity contribution in [2.75, 3.05) is 32.8 Å². The first-order chi connectivity index (χ1) is 9.66. The van der Waals surface area contributed by atoms with Gasteiger partial charge in [0, 0.05) is 19.6 Å². The van der Waals surface area contributed by atoms with Crippen LogP contribution >= 0.6 is 0 Å². The van der Waals surface area contributed by atoms with Crippen LogP contribution < -0.4 is 5.32 Å². The van der Waals surface area contributed by atoms with Gasteiger partial charge in [0.25, 0.3) is 0 Å². The lowest BCUT2D eigenvalue weighted by atomic mass is 10.1. The highest BCUT2D eigenvalue weighted by atomic mass is 16.5. The fourth-order valence-corrected chi connectivity index (χ4v) is 2.25. The Morgan fingerprint density at radius 3 is 2.60 bits per heavy atom. The number of carbonyl (C=O) groups excluding carboxylic acids is 1. The van der Waals surface area contributed by atoms with Gasteiger partial charge in [0.05, 0.1) is 19.3 Å². The normalized spacial score (nSPS) is 19.3. The maximum atomic E-state index is 11.8. The van der Waals surface area contributed by atoms with Crippen LogP contribution in [-0.4, -0.2) is 54.9 Å². The van der Waals surface area contributed by atoms with Gasteiger partial charge < -0.3 is 15.2 Å². The SMILES string of the molecule is CC(O)C(=O)NC(CN1CCOCC1)c1ccccc1. The van der Waals surface area contributed by atoms with Gasteiger partial charge in [-0.25, -0.2) is 0 Å². The third-order valence-corrected chi connectivity index (χ3v) is 3.44. The molecule has 0 saturated carbocycles. The number of aliphatic hydroxyl groups excluding tert-OH is 1. The summed E-state index contributed by atoms with van der Waals surface area (Å²) in [4.78, 5) is 14.0. The number of hydrogen-bond acceptors (Lipinski definition) is 4. The second-order valence-electron chi connectivity index (χ2n) is 5.06. The van der Waals surface area contributed by atoms with Gasteiger partial charge in [0.2, 0.25) is 5.91 Å². The first kappa shape index (κ1) is 15.0. The van der Waals surface area contributed by atoms with Crippen molar-refractivity contribution in [2.45, 2.75) is 19.1 Å². The van der Waals surface area contributed by atoms with Crippen molar-refractivity contribution in [1.29, 1.82) is 0 Å². The van der Waals surface area contributed by atoms with Crippen LogP contribution in [0.4, 0.5) is 0 Å². The quantitative estimate of drug-likeness (QED) is 0.826. The zero-order chi connectivity index (χ0) is 14.4. The van der Waals surface area contributed by atoms with Crippen molar-refractivity contribution in [2.24, 2.45) is 0 Å². The fourth-order valence-electron chi connectivity index (χ4n) is 2.25. The molecule has 2 unspecified atom stereocenters. The van der Waals surface area contributed by atoms with Gasteiger partial charge in [-0.3, -0.25) is 9.69 Å². The van der Waals surface area contributed by atoms with E-state index < -0.39 is 6.10 Å². The van der Waals surface area contributed by atoms with Gasteiger partial charge in [0.1, 0.15) is 6.10 Å². The molecule has 1 fully saturated rings. The van der Waals surface area contributed by atoms with E-state index in [0.717, 1.165) is 38.4 Å². The highest BCUT2D eigenvalue weighted by molar-refractivity contribution is 5.80. The van der Waals surface area contributed by atoms with Crippen LogP contribution in [0.5, 0.6) is 0 Å². The Bertz CT molecular complexity index is 416. The summed E-state index contributed by atoms with van der Waals surface area (Å²) >= 11 is 0. The Kier molecular flexibility index (Phi) is 5.52. The molecule has 1 aliphatic heterocycles. The third-order valence-electron chi connectivity index (χ3n) is 3.44. The minimum atomic E-state index is -0.995. The highest BCUT2D eigenvalue weighted by Gasteiger charge is 2.21. The van der Waals surface area contributed by atoms with Crippen LogP contribution in [0.2, 0.25) is 0 Å². The number of amides is 1. The number of carbonyl (C=O) groups is 1. The monoisotopic (exact) mass is 278 g/mol. The average molecular weight is 278 g/mol. The van der Waals surface area contributed by atoms with Gasteiger partial charge in [-0.15, -0.1) is 0 Å². The Morgan fingerprint density at radius 1 is 1.35 bits per heavy atom. The summed E-state index contributed by atoms with van der Waals surface area (Å²) in [6.45, 7) is 5.40. The second-order valence-corrected chi connectivity index (χ2v) is 5.06. The molecule has 1 saturated heterocycles. The van der Waals surface area contributed by atoms with Crippen LogP contribution in [0.15, 0.2) is 30.3 Å². The fraction of sp³-hybridized carbons (Fsp3) is 0.533. The number of ether oxygens (including phenoxy) is 1. The van der Waals surface area contributed by atoms with E-state index in [0.29, 0.717) is 0 Å². The molecule has 0 bridgehead atoms. The smallest absolute Gasteiger partial charge is 0.249 e. The average Bonchev–Trinajstić information content (AvgIpc) is 2.48. The lowest BCUT2D eigenvalue weighted by Gasteiger charge is -2.31. The second kappa shape index (κ2) is 7.38. The highest BCUT2D eigenvalue weighted by Crippen LogP contribution is 2.15. The molecule has 0 radical (unpaired) electrons. The summed E-state index contributed by atoms with van der Waals surface area (Å²) in [5, 5.41) is 12.3. The minimum absolute atomic E-state index is 0.114. The number of nitrogens with one attached hydrogen (secondary N) is 1. The van der Waals surface area contributed by atoms with Crippen molar-refractivity contribution in [1.82, 2.24) is 10.2 Å². The van der Waals surface area contributed by atoms with Gasteiger partial charge in [0.15, 0.2) is 0 Å². The van der Waals surface area contributed by atoms with Gasteiger partial charge in [-0.05, 0) is 12.5 Å². The molecule has 20 heavy (non-hydrogen) atoms. The first-order valence-electron chi connectivity index (χ1n) is 7.00. The maximum absolute atomic E-state index is 11.8. The van der Waals surface area contributed by atoms with E-state index in [-0.39, 0.29) is 11.9 Å². The largest absolute Gasteiger partial charge is 0.384 e. The molecule has 2 atom stereocenters. The van der Waals surface area contributed by atoms with E-state index in [2.05, 4.69) is 10.2 Å². The molecule has 5 nitrogen and oxygen atoms in total. The van der Waals surface area contributed by atoms with Crippen molar-refractivity contribution in [3.05, 3.63) is 35.9 Å². The van der Waals surface area contributed by atoms with Crippen LogP contribution in [0, 0.1) is 0 Å². The molecule has 1 heterocycles. The van der Waals surface area contributed by atoms with Crippen LogP contribution in [0.25, 0.3) is 0 Å². The number of aliphatic hydroxyl groups is 1. The summed E-state index contributed by atoms with van der Waals surface area (Å²) in [5.74, 6) is -0.341. The standard InChI is InChI=1S/C15H22N2O3/c1-12(18)15(19)16-14(13-5-3-2-4-6-13)11-17-7-9-20-10-8-17/h2-6,12,14,18H,7-11H2,1H3,(H,16,19). The van der Waals surface area contributed by atoms with E-state index in [1.807, 2.05) is 30.3 Å². The molecule has 1 aliphatic rings. The van der Waals surface area contributed by atoms with Crippen molar-refractivity contribution in [3.63, 3.8) is 0 Å². The summed E-state index contributed by atoms with van der Waals surface area (Å²) in [6.07, 6.45) is -0.995. The van der Waals surface area contributed by atoms with Crippen LogP contribution in [0.1, 0.15) is 18.5 Å². The maximum Gasteiger partial charge on any atom is 0.249 e. The van der Waals surface area contributed by atoms with Crippen molar-refractivity contribution < 1.29 is 14.6 Å². The Balaban J connectivity index is 2.05. The van der Waals surface area contributed by atoms with Crippen LogP contribution in [0.3, 0.4) is 0 Å². The molecule has 0 aromatic heterocycles. The summed E-state index contributed by atoms with van der Waals surface area (Å²) in [6, 6.07) is 9.73. The lowest BCUT2D eigenvalue weighted by Crippen LogP contribution is -2.44. The van der Waals surface area contributed by atoms with Crippen molar-refractivity contribution in [3.8, 4) is 0 Å². The van der Waals surface area contributed by atoms with E-state index in [4.69, 9.17) is 4.74 Å². The molecule has 1 aromatic carbocycles. The molecule has 110 valence electrons. The first-order valence-corrected chi connectivity index (χ1v) is 7.00.